The second-order valence-electron chi connectivity index (χ2n) is 37.6. The number of para-hydroxylation sites is 3. The van der Waals surface area contributed by atoms with Crippen LogP contribution in [-0.2, 0) is 0 Å². The molecule has 0 saturated heterocycles. The predicted molar refractivity (Wildman–Crippen MR) is 586 cm³/mol. The van der Waals surface area contributed by atoms with Crippen molar-refractivity contribution >= 4 is 148 Å². The molecule has 0 bridgehead atoms. The molecule has 24 aromatic rings. The molecule has 1 fully saturated rings. The van der Waals surface area contributed by atoms with Crippen molar-refractivity contribution in [3.05, 3.63) is 488 Å². The number of hydrogen-bond acceptors (Lipinski definition) is 3. The van der Waals surface area contributed by atoms with Crippen molar-refractivity contribution in [3.63, 3.8) is 0 Å². The molecule has 0 amide bonds. The highest BCUT2D eigenvalue weighted by atomic mass is 15.2. The molecule has 0 spiro atoms. The molecule has 136 heavy (non-hydrogen) atoms. The molecule has 0 aromatic heterocycles. The van der Waals surface area contributed by atoms with Gasteiger partial charge in [0.05, 0.1) is 17.1 Å². The van der Waals surface area contributed by atoms with Crippen LogP contribution < -0.4 is 14.7 Å². The number of benzene rings is 24. The van der Waals surface area contributed by atoms with Gasteiger partial charge in [0.2, 0.25) is 0 Å². The smallest absolute Gasteiger partial charge is 0.0540 e. The summed E-state index contributed by atoms with van der Waals surface area (Å²) in [6, 6.07) is 168. The van der Waals surface area contributed by atoms with Crippen LogP contribution in [0.2, 0.25) is 0 Å². The van der Waals surface area contributed by atoms with Crippen LogP contribution in [0.1, 0.15) is 91.2 Å². The van der Waals surface area contributed by atoms with E-state index in [0.717, 1.165) is 51.2 Å². The topological polar surface area (TPSA) is 9.72 Å². The van der Waals surface area contributed by atoms with Crippen molar-refractivity contribution < 1.29 is 0 Å². The van der Waals surface area contributed by atoms with E-state index < -0.39 is 0 Å². The van der Waals surface area contributed by atoms with Gasteiger partial charge in [-0.05, 0) is 307 Å². The van der Waals surface area contributed by atoms with E-state index in [1.165, 1.54) is 224 Å². The molecule has 0 aliphatic heterocycles. The van der Waals surface area contributed by atoms with E-state index in [0.29, 0.717) is 11.8 Å². The van der Waals surface area contributed by atoms with Gasteiger partial charge in [0.25, 0.3) is 0 Å². The Morgan fingerprint density at radius 3 is 0.809 bits per heavy atom. The van der Waals surface area contributed by atoms with Crippen molar-refractivity contribution in [2.45, 2.75) is 85.5 Å². The Morgan fingerprint density at radius 2 is 0.456 bits per heavy atom. The summed E-state index contributed by atoms with van der Waals surface area (Å²) in [6.07, 6.45) is 6.72. The maximum Gasteiger partial charge on any atom is 0.0540 e. The summed E-state index contributed by atoms with van der Waals surface area (Å²) in [5.74, 6) is 1.16. The first kappa shape index (κ1) is 84.1. The molecule has 0 radical (unpaired) electrons. The highest BCUT2D eigenvalue weighted by Gasteiger charge is 2.27. The average Bonchev–Trinajstić information content (AvgIpc) is 0.740. The van der Waals surface area contributed by atoms with Crippen LogP contribution in [0.3, 0.4) is 0 Å². The highest BCUT2D eigenvalue weighted by molar-refractivity contribution is 6.29. The molecular weight excluding hydrogens is 1640 g/mol. The van der Waals surface area contributed by atoms with Crippen molar-refractivity contribution in [1.82, 2.24) is 0 Å². The minimum atomic E-state index is 0.477. The quantitative estimate of drug-likeness (QED) is 0.0842. The van der Waals surface area contributed by atoms with Gasteiger partial charge in [0, 0.05) is 50.8 Å². The number of rotatable bonds is 17. The number of hydrogen-bond donors (Lipinski definition) is 0. The van der Waals surface area contributed by atoms with Crippen LogP contribution >= 0.6 is 0 Å². The molecule has 1 aliphatic carbocycles. The molecule has 0 atom stereocenters. The molecule has 25 rings (SSSR count). The Bertz CT molecular complexity index is 8450. The summed E-state index contributed by atoms with van der Waals surface area (Å²) < 4.78 is 0. The second kappa shape index (κ2) is 36.1. The Kier molecular flexibility index (Phi) is 22.3. The van der Waals surface area contributed by atoms with E-state index in [4.69, 9.17) is 0 Å². The molecule has 0 unspecified atom stereocenters. The van der Waals surface area contributed by atoms with Crippen molar-refractivity contribution in [2.24, 2.45) is 0 Å². The third-order valence-electron chi connectivity index (χ3n) is 28.8. The zero-order valence-corrected chi connectivity index (χ0v) is 77.8. The van der Waals surface area contributed by atoms with E-state index in [2.05, 4.69) is 511 Å². The third-order valence-corrected chi connectivity index (χ3v) is 28.8. The van der Waals surface area contributed by atoms with Crippen molar-refractivity contribution in [1.29, 1.82) is 0 Å². The molecule has 0 heterocycles. The number of anilines is 9. The average molecular weight is 1750 g/mol. The zero-order valence-electron chi connectivity index (χ0n) is 77.8. The Morgan fingerprint density at radius 1 is 0.199 bits per heavy atom. The van der Waals surface area contributed by atoms with Gasteiger partial charge in [0.1, 0.15) is 0 Å². The number of nitrogens with zero attached hydrogens (tertiary/aromatic N) is 3. The van der Waals surface area contributed by atoms with Crippen molar-refractivity contribution in [2.75, 3.05) is 14.7 Å². The normalized spacial score (nSPS) is 12.4. The maximum absolute atomic E-state index is 2.42. The Hall–Kier alpha value is -16.2. The standard InChI is InChI=1S/C47H39N.C44H35N.C42H31N/c1-32-16-24-38(25-17-32)48(45-15-9-8-14-42(45)34-12-6-3-7-13-34)39-26-18-35(19-27-39)41-29-21-37-22-30-43-40(33-10-4-2-5-11-33)28-20-36-23-31-44(41)47(37)46(36)43;1-29(2)37-25-17-33-20-28-41-38(26-18-34-19-27-40(37)43(33)44(34)41)32-15-23-36(24-16-32)45(35-21-13-30(3)14-22-35)42-12-8-7-11-39(42)31-9-5-4-6-10-31;1-28-12-21-34(22-13-28)43(40-11-7-6-10-38(40)30-8-4-3-5-9-30)35-23-16-31(17-24-35)37-26-19-33-18-25-36-29(2)14-15-32-20-27-39(37)42(33)41(32)36/h3,6-9,12-31,33H,2,4-5,10-11H2,1H3;4-29H,1-3H3;3-27H,1-2H3. The van der Waals surface area contributed by atoms with Crippen LogP contribution in [-0.4, -0.2) is 0 Å². The fraction of sp³-hybridized carbons (Fsp3) is 0.0977. The minimum Gasteiger partial charge on any atom is -0.310 e. The first-order valence-corrected chi connectivity index (χ1v) is 48.4. The van der Waals surface area contributed by atoms with Crippen LogP contribution in [0, 0.1) is 27.7 Å². The van der Waals surface area contributed by atoms with E-state index in [1.54, 1.807) is 5.56 Å². The summed E-state index contributed by atoms with van der Waals surface area (Å²) in [6.45, 7) is 13.2. The van der Waals surface area contributed by atoms with Gasteiger partial charge >= 0.3 is 0 Å². The van der Waals surface area contributed by atoms with E-state index in [-0.39, 0.29) is 0 Å². The van der Waals surface area contributed by atoms with Gasteiger partial charge in [-0.25, -0.2) is 0 Å². The Balaban J connectivity index is 0.000000115. The Labute approximate surface area is 797 Å². The lowest BCUT2D eigenvalue weighted by Crippen LogP contribution is -2.11. The SMILES string of the molecule is Cc1ccc(N(c2ccc(-c3ccc4ccc5c(C(C)C)ccc6ccc3c4c65)cc2)c2ccccc2-c2ccccc2)cc1.Cc1ccc(N(c2ccc(-c3ccc4ccc5c(C)ccc6ccc3c4c65)cc2)c2ccccc2-c2ccccc2)cc1.Cc1ccc(N(c2ccc(-c3ccc4ccc5c(C6CCCCC6)ccc6ccc3c4c65)cc2)c2ccccc2-c2ccccc2)cc1. The summed E-state index contributed by atoms with van der Waals surface area (Å²) in [5, 5.41) is 24.3. The summed E-state index contributed by atoms with van der Waals surface area (Å²) in [5.41, 5.74) is 33.1. The first-order valence-electron chi connectivity index (χ1n) is 48.4. The zero-order chi connectivity index (χ0) is 91.4. The fourth-order valence-corrected chi connectivity index (χ4v) is 21.9. The first-order chi connectivity index (χ1) is 66.9. The molecule has 24 aromatic carbocycles. The van der Waals surface area contributed by atoms with Crippen LogP contribution in [0.4, 0.5) is 51.2 Å². The van der Waals surface area contributed by atoms with Gasteiger partial charge in [-0.15, -0.1) is 0 Å². The molecule has 1 aliphatic rings. The van der Waals surface area contributed by atoms with Crippen LogP contribution in [0.15, 0.2) is 455 Å². The summed E-state index contributed by atoms with van der Waals surface area (Å²) >= 11 is 0. The van der Waals surface area contributed by atoms with Gasteiger partial charge in [-0.3, -0.25) is 0 Å². The van der Waals surface area contributed by atoms with Crippen molar-refractivity contribution in [3.8, 4) is 66.8 Å². The van der Waals surface area contributed by atoms with Crippen LogP contribution in [0.5, 0.6) is 0 Å². The van der Waals surface area contributed by atoms with Gasteiger partial charge in [-0.1, -0.05) is 414 Å². The third kappa shape index (κ3) is 15.6. The monoisotopic (exact) mass is 1740 g/mol. The molecule has 0 N–H and O–H groups in total. The molecule has 3 heteroatoms. The largest absolute Gasteiger partial charge is 0.310 e. The lowest BCUT2D eigenvalue weighted by atomic mass is 9.80. The van der Waals surface area contributed by atoms with Gasteiger partial charge < -0.3 is 14.7 Å². The summed E-state index contributed by atoms with van der Waals surface area (Å²) in [7, 11) is 0. The van der Waals surface area contributed by atoms with E-state index in [9.17, 15) is 0 Å². The van der Waals surface area contributed by atoms with Gasteiger partial charge in [-0.2, -0.15) is 0 Å². The van der Waals surface area contributed by atoms with E-state index in [1.807, 2.05) is 0 Å². The predicted octanol–water partition coefficient (Wildman–Crippen LogP) is 38.6. The highest BCUT2D eigenvalue weighted by Crippen LogP contribution is 2.51. The fourth-order valence-electron chi connectivity index (χ4n) is 21.9. The summed E-state index contributed by atoms with van der Waals surface area (Å²) in [4.78, 5) is 7.14. The molecule has 3 nitrogen and oxygen atoms in total. The minimum absolute atomic E-state index is 0.477. The second-order valence-corrected chi connectivity index (χ2v) is 37.6. The number of aryl methyl sites for hydroxylation is 4. The maximum atomic E-state index is 2.42. The van der Waals surface area contributed by atoms with Crippen LogP contribution in [0.25, 0.3) is 164 Å². The lowest BCUT2D eigenvalue weighted by molar-refractivity contribution is 0.445. The molecular formula is C133H105N3. The van der Waals surface area contributed by atoms with E-state index >= 15 is 0 Å². The molecule has 652 valence electrons. The molecule has 1 saturated carbocycles. The van der Waals surface area contributed by atoms with Gasteiger partial charge in [0.15, 0.2) is 0 Å². The lowest BCUT2D eigenvalue weighted by Gasteiger charge is -2.28.